The number of benzene rings is 1. The van der Waals surface area contributed by atoms with E-state index in [0.29, 0.717) is 17.8 Å². The van der Waals surface area contributed by atoms with E-state index in [0.717, 1.165) is 11.8 Å². The summed E-state index contributed by atoms with van der Waals surface area (Å²) in [6.07, 6.45) is 2.35. The molecule has 0 spiro atoms. The number of carboxylic acid groups (broad SMARTS) is 1. The first-order valence-corrected chi connectivity index (χ1v) is 6.65. The molecule has 1 aromatic heterocycles. The molecule has 0 aliphatic carbocycles. The Kier molecular flexibility index (Phi) is 4.90. The summed E-state index contributed by atoms with van der Waals surface area (Å²) in [6, 6.07) is 8.19. The van der Waals surface area contributed by atoms with E-state index in [2.05, 4.69) is 0 Å². The van der Waals surface area contributed by atoms with Crippen LogP contribution >= 0.6 is 0 Å². The summed E-state index contributed by atoms with van der Waals surface area (Å²) in [5.74, 6) is -1.03. The summed E-state index contributed by atoms with van der Waals surface area (Å²) in [5.41, 5.74) is 0.791. The van der Waals surface area contributed by atoms with Gasteiger partial charge in [0, 0.05) is 18.1 Å². The van der Waals surface area contributed by atoms with Gasteiger partial charge in [-0.15, -0.1) is 0 Å². The van der Waals surface area contributed by atoms with Crippen LogP contribution < -0.4 is 5.63 Å². The van der Waals surface area contributed by atoms with Crippen LogP contribution in [0.25, 0.3) is 17.0 Å². The van der Waals surface area contributed by atoms with Crippen LogP contribution in [0.1, 0.15) is 18.9 Å². The summed E-state index contributed by atoms with van der Waals surface area (Å²) in [7, 11) is 0. The summed E-state index contributed by atoms with van der Waals surface area (Å²) < 4.78 is 10.3. The standard InChI is InChI=1S/C16H16O5/c1-2-7-20-10-13(16(18)19)8-11-3-4-12-5-6-15(17)21-14(12)9-11/h3-6,8-9H,2,7,10H2,1H3,(H,18,19). The normalized spacial score (nSPS) is 11.8. The van der Waals surface area contributed by atoms with Gasteiger partial charge in [0.1, 0.15) is 5.58 Å². The highest BCUT2D eigenvalue weighted by Gasteiger charge is 2.08. The number of ether oxygens (including phenoxy) is 1. The highest BCUT2D eigenvalue weighted by atomic mass is 16.5. The second kappa shape index (κ2) is 6.85. The van der Waals surface area contributed by atoms with Gasteiger partial charge in [0.2, 0.25) is 0 Å². The fraction of sp³-hybridized carbons (Fsp3) is 0.250. The predicted octanol–water partition coefficient (Wildman–Crippen LogP) is 2.69. The Balaban J connectivity index is 2.32. The number of carboxylic acids is 1. The van der Waals surface area contributed by atoms with Crippen molar-refractivity contribution in [3.05, 3.63) is 51.9 Å². The molecular weight excluding hydrogens is 272 g/mol. The van der Waals surface area contributed by atoms with Crippen molar-refractivity contribution in [2.75, 3.05) is 13.2 Å². The molecule has 0 atom stereocenters. The van der Waals surface area contributed by atoms with Crippen LogP contribution in [0.3, 0.4) is 0 Å². The van der Waals surface area contributed by atoms with Crippen LogP contribution in [0.4, 0.5) is 0 Å². The number of carbonyl (C=O) groups is 1. The number of hydrogen-bond acceptors (Lipinski definition) is 4. The zero-order chi connectivity index (χ0) is 15.2. The molecular formula is C16H16O5. The maximum Gasteiger partial charge on any atom is 0.336 e. The van der Waals surface area contributed by atoms with Crippen LogP contribution in [0.2, 0.25) is 0 Å². The van der Waals surface area contributed by atoms with E-state index in [1.54, 1.807) is 24.3 Å². The molecule has 0 amide bonds. The lowest BCUT2D eigenvalue weighted by Crippen LogP contribution is -2.08. The van der Waals surface area contributed by atoms with Crippen molar-refractivity contribution < 1.29 is 19.1 Å². The van der Waals surface area contributed by atoms with Crippen molar-refractivity contribution in [3.63, 3.8) is 0 Å². The minimum Gasteiger partial charge on any atom is -0.478 e. The third-order valence-electron chi connectivity index (χ3n) is 2.87. The second-order valence-corrected chi connectivity index (χ2v) is 4.58. The minimum absolute atomic E-state index is 0.0416. The monoisotopic (exact) mass is 288 g/mol. The van der Waals surface area contributed by atoms with Crippen LogP contribution in [0.5, 0.6) is 0 Å². The molecule has 2 rings (SSSR count). The Hall–Kier alpha value is -2.40. The molecule has 0 aliphatic rings. The highest BCUT2D eigenvalue weighted by molar-refractivity contribution is 5.93. The first-order valence-electron chi connectivity index (χ1n) is 6.65. The van der Waals surface area contributed by atoms with E-state index in [1.807, 2.05) is 6.92 Å². The summed E-state index contributed by atoms with van der Waals surface area (Å²) in [6.45, 7) is 2.51. The van der Waals surface area contributed by atoms with Crippen LogP contribution in [-0.4, -0.2) is 24.3 Å². The van der Waals surface area contributed by atoms with E-state index in [4.69, 9.17) is 14.3 Å². The Morgan fingerprint density at radius 1 is 1.33 bits per heavy atom. The van der Waals surface area contributed by atoms with Gasteiger partial charge in [-0.25, -0.2) is 9.59 Å². The molecule has 0 saturated carbocycles. The van der Waals surface area contributed by atoms with Crippen molar-refractivity contribution in [2.45, 2.75) is 13.3 Å². The molecule has 0 bridgehead atoms. The fourth-order valence-electron chi connectivity index (χ4n) is 1.86. The summed E-state index contributed by atoms with van der Waals surface area (Å²) in [5, 5.41) is 9.95. The lowest BCUT2D eigenvalue weighted by molar-refractivity contribution is -0.133. The molecule has 2 aromatic rings. The fourth-order valence-corrected chi connectivity index (χ4v) is 1.86. The van der Waals surface area contributed by atoms with Gasteiger partial charge in [-0.3, -0.25) is 0 Å². The average Bonchev–Trinajstić information content (AvgIpc) is 2.45. The van der Waals surface area contributed by atoms with Gasteiger partial charge in [0.05, 0.1) is 12.2 Å². The van der Waals surface area contributed by atoms with E-state index < -0.39 is 11.6 Å². The van der Waals surface area contributed by atoms with Gasteiger partial charge in [0.15, 0.2) is 0 Å². The molecule has 0 radical (unpaired) electrons. The number of hydrogen-bond donors (Lipinski definition) is 1. The first kappa shape index (κ1) is 15.0. The Labute approximate surface area is 121 Å². The van der Waals surface area contributed by atoms with E-state index in [1.165, 1.54) is 12.1 Å². The lowest BCUT2D eigenvalue weighted by atomic mass is 10.1. The maximum atomic E-state index is 11.2. The average molecular weight is 288 g/mol. The molecule has 110 valence electrons. The first-order chi connectivity index (χ1) is 10.1. The van der Waals surface area contributed by atoms with E-state index in [9.17, 15) is 9.59 Å². The van der Waals surface area contributed by atoms with E-state index >= 15 is 0 Å². The zero-order valence-corrected chi connectivity index (χ0v) is 11.7. The molecule has 0 aliphatic heterocycles. The van der Waals surface area contributed by atoms with Crippen molar-refractivity contribution in [1.82, 2.24) is 0 Å². The Morgan fingerprint density at radius 3 is 2.81 bits per heavy atom. The van der Waals surface area contributed by atoms with Crippen molar-refractivity contribution in [1.29, 1.82) is 0 Å². The van der Waals surface area contributed by atoms with Gasteiger partial charge >= 0.3 is 11.6 Å². The molecule has 0 unspecified atom stereocenters. The second-order valence-electron chi connectivity index (χ2n) is 4.58. The largest absolute Gasteiger partial charge is 0.478 e. The number of rotatable bonds is 6. The van der Waals surface area contributed by atoms with Crippen LogP contribution in [0, 0.1) is 0 Å². The molecule has 5 heteroatoms. The summed E-state index contributed by atoms with van der Waals surface area (Å²) in [4.78, 5) is 22.4. The van der Waals surface area contributed by atoms with Gasteiger partial charge < -0.3 is 14.3 Å². The third kappa shape index (κ3) is 4.03. The predicted molar refractivity (Wildman–Crippen MR) is 79.2 cm³/mol. The quantitative estimate of drug-likeness (QED) is 0.502. The SMILES string of the molecule is CCCOCC(=Cc1ccc2ccc(=O)oc2c1)C(=O)O. The van der Waals surface area contributed by atoms with Crippen LogP contribution in [0.15, 0.2) is 45.1 Å². The summed E-state index contributed by atoms with van der Waals surface area (Å²) >= 11 is 0. The van der Waals surface area contributed by atoms with E-state index in [-0.39, 0.29) is 12.2 Å². The van der Waals surface area contributed by atoms with Crippen molar-refractivity contribution in [3.8, 4) is 0 Å². The Bertz CT molecular complexity index is 727. The van der Waals surface area contributed by atoms with Crippen molar-refractivity contribution >= 4 is 23.0 Å². The highest BCUT2D eigenvalue weighted by Crippen LogP contribution is 2.16. The molecule has 0 fully saturated rings. The van der Waals surface area contributed by atoms with Gasteiger partial charge in [-0.1, -0.05) is 19.1 Å². The minimum atomic E-state index is -1.03. The molecule has 0 saturated heterocycles. The lowest BCUT2D eigenvalue weighted by Gasteiger charge is -2.04. The van der Waals surface area contributed by atoms with Gasteiger partial charge in [-0.05, 0) is 30.2 Å². The molecule has 1 N–H and O–H groups in total. The molecule has 5 nitrogen and oxygen atoms in total. The Morgan fingerprint density at radius 2 is 2.10 bits per heavy atom. The number of fused-ring (bicyclic) bond motifs is 1. The molecule has 1 aromatic carbocycles. The van der Waals surface area contributed by atoms with Crippen molar-refractivity contribution in [2.24, 2.45) is 0 Å². The zero-order valence-electron chi connectivity index (χ0n) is 11.7. The van der Waals surface area contributed by atoms with Gasteiger partial charge in [-0.2, -0.15) is 0 Å². The molecule has 21 heavy (non-hydrogen) atoms. The topological polar surface area (TPSA) is 76.7 Å². The number of aliphatic carboxylic acids is 1. The van der Waals surface area contributed by atoms with Gasteiger partial charge in [0.25, 0.3) is 0 Å². The third-order valence-corrected chi connectivity index (χ3v) is 2.87. The smallest absolute Gasteiger partial charge is 0.336 e. The maximum absolute atomic E-state index is 11.2. The molecule has 1 heterocycles. The van der Waals surface area contributed by atoms with Crippen LogP contribution in [-0.2, 0) is 9.53 Å².